The molecule has 19 heavy (non-hydrogen) atoms. The first-order chi connectivity index (χ1) is 8.97. The molecule has 2 aromatic rings. The van der Waals surface area contributed by atoms with E-state index in [9.17, 15) is 9.18 Å². The number of halogens is 1. The monoisotopic (exact) mass is 260 g/mol. The molecule has 0 spiro atoms. The van der Waals surface area contributed by atoms with Gasteiger partial charge < -0.3 is 11.1 Å². The van der Waals surface area contributed by atoms with Gasteiger partial charge in [-0.15, -0.1) is 0 Å². The number of nitrogens with one attached hydrogen (secondary N) is 1. The summed E-state index contributed by atoms with van der Waals surface area (Å²) in [4.78, 5) is 12.1. The molecular weight excluding hydrogens is 247 g/mol. The third-order valence-electron chi connectivity index (χ3n) is 2.60. The van der Waals surface area contributed by atoms with E-state index in [0.717, 1.165) is 0 Å². The number of hydrogen-bond donors (Lipinski definition) is 2. The number of amides is 1. The number of aromatic nitrogens is 2. The summed E-state index contributed by atoms with van der Waals surface area (Å²) in [6.07, 6.45) is 0. The van der Waals surface area contributed by atoms with Crippen molar-refractivity contribution in [3.8, 4) is 0 Å². The van der Waals surface area contributed by atoms with E-state index in [1.54, 1.807) is 19.9 Å². The van der Waals surface area contributed by atoms with Crippen LogP contribution in [0.4, 0.5) is 15.8 Å². The molecule has 0 saturated heterocycles. The summed E-state index contributed by atoms with van der Waals surface area (Å²) in [5, 5.41) is 10.3. The summed E-state index contributed by atoms with van der Waals surface area (Å²) in [5.41, 5.74) is 7.30. The van der Waals surface area contributed by atoms with Gasteiger partial charge >= 0.3 is 0 Å². The summed E-state index contributed by atoms with van der Waals surface area (Å²) in [7, 11) is 0. The Hall–Kier alpha value is -2.50. The lowest BCUT2D eigenvalue weighted by Gasteiger charge is -2.08. The summed E-state index contributed by atoms with van der Waals surface area (Å²) >= 11 is 0. The fourth-order valence-electron chi connectivity index (χ4n) is 1.58. The zero-order valence-corrected chi connectivity index (χ0v) is 10.6. The van der Waals surface area contributed by atoms with Crippen molar-refractivity contribution < 1.29 is 9.18 Å². The highest BCUT2D eigenvalue weighted by Gasteiger charge is 2.12. The summed E-state index contributed by atoms with van der Waals surface area (Å²) < 4.78 is 13.3. The molecular formula is C13H13FN4O. The minimum Gasteiger partial charge on any atom is -0.396 e. The number of carbonyl (C=O) groups is 1. The van der Waals surface area contributed by atoms with Gasteiger partial charge in [0, 0.05) is 5.69 Å². The Morgan fingerprint density at radius 2 is 2.00 bits per heavy atom. The Kier molecular flexibility index (Phi) is 3.41. The van der Waals surface area contributed by atoms with Gasteiger partial charge in [-0.2, -0.15) is 10.2 Å². The molecule has 0 unspecified atom stereocenters. The summed E-state index contributed by atoms with van der Waals surface area (Å²) in [6, 6.07) is 5.73. The largest absolute Gasteiger partial charge is 0.396 e. The van der Waals surface area contributed by atoms with Gasteiger partial charge in [0.15, 0.2) is 0 Å². The van der Waals surface area contributed by atoms with Crippen LogP contribution in [0.1, 0.15) is 21.7 Å². The SMILES string of the molecule is Cc1cc(C(=O)Nc2ccc(N)c(F)c2)c(C)nn1. The molecule has 0 aliphatic carbocycles. The Morgan fingerprint density at radius 3 is 2.68 bits per heavy atom. The number of nitrogens with zero attached hydrogens (tertiary/aromatic N) is 2. The molecule has 98 valence electrons. The lowest BCUT2D eigenvalue weighted by atomic mass is 10.2. The van der Waals surface area contributed by atoms with E-state index in [2.05, 4.69) is 15.5 Å². The second kappa shape index (κ2) is 5.01. The van der Waals surface area contributed by atoms with Gasteiger partial charge in [0.25, 0.3) is 5.91 Å². The molecule has 1 aromatic heterocycles. The topological polar surface area (TPSA) is 80.9 Å². The highest BCUT2D eigenvalue weighted by molar-refractivity contribution is 6.05. The van der Waals surface area contributed by atoms with Crippen molar-refractivity contribution >= 4 is 17.3 Å². The normalized spacial score (nSPS) is 10.3. The number of nitrogen functional groups attached to an aromatic ring is 1. The van der Waals surface area contributed by atoms with E-state index >= 15 is 0 Å². The van der Waals surface area contributed by atoms with Crippen LogP contribution in [-0.2, 0) is 0 Å². The molecule has 1 amide bonds. The molecule has 6 heteroatoms. The first-order valence-corrected chi connectivity index (χ1v) is 5.64. The van der Waals surface area contributed by atoms with Crippen molar-refractivity contribution in [1.29, 1.82) is 0 Å². The molecule has 0 radical (unpaired) electrons. The smallest absolute Gasteiger partial charge is 0.257 e. The van der Waals surface area contributed by atoms with Crippen LogP contribution in [0.25, 0.3) is 0 Å². The number of carbonyl (C=O) groups excluding carboxylic acids is 1. The van der Waals surface area contributed by atoms with E-state index in [1.807, 2.05) is 0 Å². The number of nitrogens with two attached hydrogens (primary N) is 1. The van der Waals surface area contributed by atoms with Gasteiger partial charge in [0.05, 0.1) is 22.6 Å². The maximum Gasteiger partial charge on any atom is 0.257 e. The van der Waals surface area contributed by atoms with Crippen LogP contribution in [0.3, 0.4) is 0 Å². The van der Waals surface area contributed by atoms with Crippen molar-refractivity contribution in [2.45, 2.75) is 13.8 Å². The van der Waals surface area contributed by atoms with E-state index in [0.29, 0.717) is 22.6 Å². The molecule has 1 heterocycles. The van der Waals surface area contributed by atoms with Gasteiger partial charge in [-0.3, -0.25) is 4.79 Å². The molecule has 3 N–H and O–H groups in total. The Labute approximate surface area is 109 Å². The molecule has 0 saturated carbocycles. The van der Waals surface area contributed by atoms with E-state index < -0.39 is 5.82 Å². The lowest BCUT2D eigenvalue weighted by molar-refractivity contribution is 0.102. The molecule has 0 atom stereocenters. The molecule has 1 aromatic carbocycles. The van der Waals surface area contributed by atoms with Crippen LogP contribution in [0.15, 0.2) is 24.3 Å². The Balaban J connectivity index is 2.25. The van der Waals surface area contributed by atoms with Crippen LogP contribution in [0.5, 0.6) is 0 Å². The molecule has 2 rings (SSSR count). The van der Waals surface area contributed by atoms with Crippen molar-refractivity contribution in [3.05, 3.63) is 47.0 Å². The summed E-state index contributed by atoms with van der Waals surface area (Å²) in [6.45, 7) is 3.43. The predicted octanol–water partition coefficient (Wildman–Crippen LogP) is 2.07. The van der Waals surface area contributed by atoms with Gasteiger partial charge in [0.1, 0.15) is 5.82 Å². The molecule has 0 aliphatic heterocycles. The average molecular weight is 260 g/mol. The predicted molar refractivity (Wildman–Crippen MR) is 70.3 cm³/mol. The van der Waals surface area contributed by atoms with Crippen LogP contribution in [0.2, 0.25) is 0 Å². The van der Waals surface area contributed by atoms with Crippen LogP contribution in [-0.4, -0.2) is 16.1 Å². The highest BCUT2D eigenvalue weighted by Crippen LogP contribution is 2.17. The second-order valence-electron chi connectivity index (χ2n) is 4.18. The third kappa shape index (κ3) is 2.85. The number of hydrogen-bond acceptors (Lipinski definition) is 4. The lowest BCUT2D eigenvalue weighted by Crippen LogP contribution is -2.15. The van der Waals surface area contributed by atoms with Gasteiger partial charge in [0.2, 0.25) is 0 Å². The standard InChI is InChI=1S/C13H13FN4O/c1-7-5-10(8(2)18-17-7)13(19)16-9-3-4-12(15)11(14)6-9/h3-6H,15H2,1-2H3,(H,16,19). The molecule has 0 fully saturated rings. The quantitative estimate of drug-likeness (QED) is 0.810. The third-order valence-corrected chi connectivity index (χ3v) is 2.60. The fraction of sp³-hybridized carbons (Fsp3) is 0.154. The molecule has 5 nitrogen and oxygen atoms in total. The van der Waals surface area contributed by atoms with Gasteiger partial charge in [-0.05, 0) is 38.1 Å². The minimum absolute atomic E-state index is 0.0376. The number of benzene rings is 1. The van der Waals surface area contributed by atoms with Crippen molar-refractivity contribution in [1.82, 2.24) is 10.2 Å². The number of anilines is 2. The van der Waals surface area contributed by atoms with E-state index in [4.69, 9.17) is 5.73 Å². The highest BCUT2D eigenvalue weighted by atomic mass is 19.1. The second-order valence-corrected chi connectivity index (χ2v) is 4.18. The number of rotatable bonds is 2. The maximum atomic E-state index is 13.3. The minimum atomic E-state index is -0.571. The van der Waals surface area contributed by atoms with Crippen LogP contribution in [0, 0.1) is 19.7 Å². The Bertz CT molecular complexity index is 643. The fourth-order valence-corrected chi connectivity index (χ4v) is 1.58. The Morgan fingerprint density at radius 1 is 1.26 bits per heavy atom. The zero-order chi connectivity index (χ0) is 14.0. The maximum absolute atomic E-state index is 13.3. The van der Waals surface area contributed by atoms with Crippen molar-refractivity contribution in [2.24, 2.45) is 0 Å². The first-order valence-electron chi connectivity index (χ1n) is 5.64. The zero-order valence-electron chi connectivity index (χ0n) is 10.6. The molecule has 0 bridgehead atoms. The van der Waals surface area contributed by atoms with Crippen LogP contribution < -0.4 is 11.1 Å². The average Bonchev–Trinajstić information content (AvgIpc) is 2.36. The van der Waals surface area contributed by atoms with Crippen molar-refractivity contribution in [2.75, 3.05) is 11.1 Å². The summed E-state index contributed by atoms with van der Waals surface area (Å²) in [5.74, 6) is -0.932. The van der Waals surface area contributed by atoms with Crippen LogP contribution >= 0.6 is 0 Å². The van der Waals surface area contributed by atoms with Gasteiger partial charge in [-0.25, -0.2) is 4.39 Å². The van der Waals surface area contributed by atoms with E-state index in [-0.39, 0.29) is 11.6 Å². The number of aryl methyl sites for hydroxylation is 2. The van der Waals surface area contributed by atoms with Crippen molar-refractivity contribution in [3.63, 3.8) is 0 Å². The van der Waals surface area contributed by atoms with E-state index in [1.165, 1.54) is 18.2 Å². The first kappa shape index (κ1) is 12.9. The van der Waals surface area contributed by atoms with Gasteiger partial charge in [-0.1, -0.05) is 0 Å². The molecule has 0 aliphatic rings.